The molecule has 0 radical (unpaired) electrons. The molecule has 24 heavy (non-hydrogen) atoms. The van der Waals surface area contributed by atoms with Crippen molar-refractivity contribution in [3.63, 3.8) is 0 Å². The van der Waals surface area contributed by atoms with E-state index in [1.165, 1.54) is 25.4 Å². The van der Waals surface area contributed by atoms with E-state index in [9.17, 15) is 13.5 Å². The number of aliphatic hydroxyl groups excluding tert-OH is 1. The predicted molar refractivity (Wildman–Crippen MR) is 91.5 cm³/mol. The molecule has 0 aliphatic carbocycles. The number of nitrogens with zero attached hydrogens (tertiary/aromatic N) is 1. The summed E-state index contributed by atoms with van der Waals surface area (Å²) in [7, 11) is -2.49. The Morgan fingerprint density at radius 3 is 2.71 bits per heavy atom. The zero-order chi connectivity index (χ0) is 17.2. The molecule has 6 nitrogen and oxygen atoms in total. The fourth-order valence-electron chi connectivity index (χ4n) is 2.37. The van der Waals surface area contributed by atoms with E-state index in [1.54, 1.807) is 12.1 Å². The lowest BCUT2D eigenvalue weighted by Gasteiger charge is -2.13. The second-order valence-corrected chi connectivity index (χ2v) is 6.82. The number of fused-ring (bicyclic) bond motifs is 1. The summed E-state index contributed by atoms with van der Waals surface area (Å²) in [5, 5.41) is 10.1. The van der Waals surface area contributed by atoms with E-state index in [0.717, 1.165) is 10.9 Å². The number of aliphatic hydroxyl groups is 1. The van der Waals surface area contributed by atoms with Crippen molar-refractivity contribution in [2.75, 3.05) is 11.8 Å². The topological polar surface area (TPSA) is 88.5 Å². The first-order chi connectivity index (χ1) is 11.5. The van der Waals surface area contributed by atoms with Crippen LogP contribution < -0.4 is 9.46 Å². The molecule has 0 fully saturated rings. The summed E-state index contributed by atoms with van der Waals surface area (Å²) in [6, 6.07) is 13.6. The van der Waals surface area contributed by atoms with Crippen molar-refractivity contribution in [1.82, 2.24) is 4.98 Å². The van der Waals surface area contributed by atoms with E-state index in [-0.39, 0.29) is 17.3 Å². The summed E-state index contributed by atoms with van der Waals surface area (Å²) < 4.78 is 33.0. The minimum atomic E-state index is -3.88. The number of methoxy groups -OCH3 is 1. The SMILES string of the molecule is COc1ccc(CO)cc1S(=O)(=O)Nc1cnc2ccccc2c1. The van der Waals surface area contributed by atoms with E-state index < -0.39 is 10.0 Å². The Balaban J connectivity index is 2.01. The summed E-state index contributed by atoms with van der Waals surface area (Å²) >= 11 is 0. The lowest BCUT2D eigenvalue weighted by atomic mass is 10.2. The van der Waals surface area contributed by atoms with Crippen LogP contribution in [0.4, 0.5) is 5.69 Å². The molecule has 0 atom stereocenters. The lowest BCUT2D eigenvalue weighted by molar-refractivity contribution is 0.281. The number of aromatic nitrogens is 1. The average Bonchev–Trinajstić information content (AvgIpc) is 2.60. The molecular formula is C17H16N2O4S. The van der Waals surface area contributed by atoms with Gasteiger partial charge in [-0.25, -0.2) is 8.42 Å². The van der Waals surface area contributed by atoms with Crippen LogP contribution in [0.3, 0.4) is 0 Å². The largest absolute Gasteiger partial charge is 0.495 e. The van der Waals surface area contributed by atoms with Gasteiger partial charge in [-0.1, -0.05) is 24.3 Å². The maximum atomic E-state index is 12.7. The van der Waals surface area contributed by atoms with Gasteiger partial charge in [0.15, 0.2) is 0 Å². The minimum Gasteiger partial charge on any atom is -0.495 e. The highest BCUT2D eigenvalue weighted by Crippen LogP contribution is 2.27. The number of para-hydroxylation sites is 1. The lowest BCUT2D eigenvalue weighted by Crippen LogP contribution is -2.14. The van der Waals surface area contributed by atoms with Crippen LogP contribution in [0, 0.1) is 0 Å². The van der Waals surface area contributed by atoms with Crippen LogP contribution in [0.25, 0.3) is 10.9 Å². The number of hydrogen-bond acceptors (Lipinski definition) is 5. The molecule has 7 heteroatoms. The van der Waals surface area contributed by atoms with Gasteiger partial charge in [0.1, 0.15) is 10.6 Å². The van der Waals surface area contributed by atoms with Crippen molar-refractivity contribution in [1.29, 1.82) is 0 Å². The number of ether oxygens (including phenoxy) is 1. The maximum absolute atomic E-state index is 12.7. The summed E-state index contributed by atoms with van der Waals surface area (Å²) in [5.41, 5.74) is 1.61. The van der Waals surface area contributed by atoms with E-state index in [2.05, 4.69) is 9.71 Å². The monoisotopic (exact) mass is 344 g/mol. The van der Waals surface area contributed by atoms with Crippen LogP contribution in [0.2, 0.25) is 0 Å². The van der Waals surface area contributed by atoms with Gasteiger partial charge in [-0.05, 0) is 29.8 Å². The molecule has 124 valence electrons. The Bertz CT molecular complexity index is 987. The standard InChI is InChI=1S/C17H16N2O4S/c1-23-16-7-6-12(11-20)8-17(16)24(21,22)19-14-9-13-4-2-3-5-15(13)18-10-14/h2-10,19-20H,11H2,1H3. The first kappa shape index (κ1) is 16.2. The molecule has 0 bridgehead atoms. The Labute approximate surface area is 139 Å². The summed E-state index contributed by atoms with van der Waals surface area (Å²) in [5.74, 6) is 0.202. The Kier molecular flexibility index (Phi) is 4.37. The number of pyridine rings is 1. The van der Waals surface area contributed by atoms with E-state index in [1.807, 2.05) is 24.3 Å². The van der Waals surface area contributed by atoms with Crippen molar-refractivity contribution >= 4 is 26.6 Å². The molecule has 0 saturated carbocycles. The van der Waals surface area contributed by atoms with E-state index in [0.29, 0.717) is 11.3 Å². The van der Waals surface area contributed by atoms with Crippen LogP contribution in [-0.2, 0) is 16.6 Å². The molecule has 1 aromatic heterocycles. The Hall–Kier alpha value is -2.64. The molecule has 2 N–H and O–H groups in total. The van der Waals surface area contributed by atoms with Crippen molar-refractivity contribution in [2.45, 2.75) is 11.5 Å². The quantitative estimate of drug-likeness (QED) is 0.742. The van der Waals surface area contributed by atoms with Crippen LogP contribution in [0.1, 0.15) is 5.56 Å². The van der Waals surface area contributed by atoms with Gasteiger partial charge in [-0.3, -0.25) is 9.71 Å². The molecule has 0 aliphatic rings. The van der Waals surface area contributed by atoms with Gasteiger partial charge in [0, 0.05) is 5.39 Å². The van der Waals surface area contributed by atoms with Crippen LogP contribution >= 0.6 is 0 Å². The van der Waals surface area contributed by atoms with Crippen LogP contribution in [0.15, 0.2) is 59.6 Å². The normalized spacial score (nSPS) is 11.4. The molecule has 2 aromatic carbocycles. The Morgan fingerprint density at radius 1 is 1.17 bits per heavy atom. The number of nitrogens with one attached hydrogen (secondary N) is 1. The summed E-state index contributed by atoms with van der Waals surface area (Å²) in [4.78, 5) is 4.20. The molecule has 0 aliphatic heterocycles. The van der Waals surface area contributed by atoms with Crippen molar-refractivity contribution < 1.29 is 18.3 Å². The van der Waals surface area contributed by atoms with Crippen LogP contribution in [0.5, 0.6) is 5.75 Å². The van der Waals surface area contributed by atoms with Crippen LogP contribution in [-0.4, -0.2) is 25.6 Å². The third kappa shape index (κ3) is 3.17. The number of anilines is 1. The van der Waals surface area contributed by atoms with Gasteiger partial charge >= 0.3 is 0 Å². The van der Waals surface area contributed by atoms with Crippen molar-refractivity contribution in [3.05, 3.63) is 60.3 Å². The van der Waals surface area contributed by atoms with Crippen molar-refractivity contribution in [3.8, 4) is 5.75 Å². The van der Waals surface area contributed by atoms with Gasteiger partial charge < -0.3 is 9.84 Å². The highest BCUT2D eigenvalue weighted by atomic mass is 32.2. The second kappa shape index (κ2) is 6.46. The third-order valence-corrected chi connectivity index (χ3v) is 4.95. The van der Waals surface area contributed by atoms with Crippen molar-refractivity contribution in [2.24, 2.45) is 0 Å². The number of benzene rings is 2. The number of rotatable bonds is 5. The average molecular weight is 344 g/mol. The second-order valence-electron chi connectivity index (χ2n) is 5.17. The molecule has 3 aromatic rings. The molecule has 0 amide bonds. The highest BCUT2D eigenvalue weighted by Gasteiger charge is 2.20. The molecule has 3 rings (SSSR count). The fourth-order valence-corrected chi connectivity index (χ4v) is 3.62. The zero-order valence-corrected chi connectivity index (χ0v) is 13.7. The number of sulfonamides is 1. The number of hydrogen-bond donors (Lipinski definition) is 2. The predicted octanol–water partition coefficient (Wildman–Crippen LogP) is 2.54. The Morgan fingerprint density at radius 2 is 1.96 bits per heavy atom. The maximum Gasteiger partial charge on any atom is 0.265 e. The molecule has 0 saturated heterocycles. The highest BCUT2D eigenvalue weighted by molar-refractivity contribution is 7.92. The zero-order valence-electron chi connectivity index (χ0n) is 12.9. The van der Waals surface area contributed by atoms with Gasteiger partial charge in [0.25, 0.3) is 10.0 Å². The smallest absolute Gasteiger partial charge is 0.265 e. The first-order valence-electron chi connectivity index (χ1n) is 7.19. The van der Waals surface area contributed by atoms with Gasteiger partial charge in [-0.2, -0.15) is 0 Å². The van der Waals surface area contributed by atoms with Gasteiger partial charge in [0.05, 0.1) is 31.1 Å². The fraction of sp³-hybridized carbons (Fsp3) is 0.118. The molecule has 0 spiro atoms. The van der Waals surface area contributed by atoms with E-state index >= 15 is 0 Å². The third-order valence-electron chi connectivity index (χ3n) is 3.54. The summed E-state index contributed by atoms with van der Waals surface area (Å²) in [6.45, 7) is -0.260. The molecule has 1 heterocycles. The first-order valence-corrected chi connectivity index (χ1v) is 8.67. The van der Waals surface area contributed by atoms with Gasteiger partial charge in [-0.15, -0.1) is 0 Å². The molecular weight excluding hydrogens is 328 g/mol. The van der Waals surface area contributed by atoms with Gasteiger partial charge in [0.2, 0.25) is 0 Å². The molecule has 0 unspecified atom stereocenters. The minimum absolute atomic E-state index is 0.0373. The summed E-state index contributed by atoms with van der Waals surface area (Å²) in [6.07, 6.45) is 1.46. The van der Waals surface area contributed by atoms with E-state index in [4.69, 9.17) is 4.74 Å².